The Bertz CT molecular complexity index is 590. The maximum absolute atomic E-state index is 12.0. The lowest BCUT2D eigenvalue weighted by molar-refractivity contribution is 0.102. The molecule has 1 aliphatic carbocycles. The fraction of sp³-hybridized carbons (Fsp3) is 0.308. The number of benzene rings is 1. The number of nitrogens with one attached hydrogen (secondary N) is 1. The van der Waals surface area contributed by atoms with Crippen molar-refractivity contribution in [1.29, 1.82) is 0 Å². The number of hydrogen-bond donors (Lipinski definition) is 1. The van der Waals surface area contributed by atoms with Crippen molar-refractivity contribution in [3.05, 3.63) is 34.8 Å². The third-order valence-electron chi connectivity index (χ3n) is 2.94. The lowest BCUT2D eigenvalue weighted by Crippen LogP contribution is -2.11. The highest BCUT2D eigenvalue weighted by Crippen LogP contribution is 2.42. The van der Waals surface area contributed by atoms with Crippen LogP contribution in [0.2, 0.25) is 0 Å². The summed E-state index contributed by atoms with van der Waals surface area (Å²) in [5.74, 6) is 1.11. The number of methoxy groups -OCH3 is 1. The second-order valence-corrected chi connectivity index (χ2v) is 5.41. The molecule has 1 heterocycles. The molecule has 1 saturated carbocycles. The van der Waals surface area contributed by atoms with Crippen LogP contribution in [0.15, 0.2) is 24.3 Å². The zero-order chi connectivity index (χ0) is 13.2. The summed E-state index contributed by atoms with van der Waals surface area (Å²) in [6.45, 7) is 0. The SMILES string of the molecule is COc1ccc(C(=O)Nc2nnc(C3CC3)s2)cc1. The van der Waals surface area contributed by atoms with Crippen LogP contribution in [0.5, 0.6) is 5.75 Å². The average Bonchev–Trinajstić information content (AvgIpc) is 3.20. The molecule has 0 radical (unpaired) electrons. The van der Waals surface area contributed by atoms with E-state index >= 15 is 0 Å². The van der Waals surface area contributed by atoms with Crippen LogP contribution in [0, 0.1) is 0 Å². The van der Waals surface area contributed by atoms with E-state index in [9.17, 15) is 4.79 Å². The molecule has 2 aromatic rings. The van der Waals surface area contributed by atoms with Gasteiger partial charge >= 0.3 is 0 Å². The number of nitrogens with zero attached hydrogens (tertiary/aromatic N) is 2. The number of aromatic nitrogens is 2. The number of hydrogen-bond acceptors (Lipinski definition) is 5. The average molecular weight is 275 g/mol. The van der Waals surface area contributed by atoms with Crippen LogP contribution < -0.4 is 10.1 Å². The fourth-order valence-corrected chi connectivity index (χ4v) is 2.60. The molecule has 0 saturated heterocycles. The molecule has 6 heteroatoms. The number of rotatable bonds is 4. The number of ether oxygens (including phenoxy) is 1. The largest absolute Gasteiger partial charge is 0.497 e. The van der Waals surface area contributed by atoms with Gasteiger partial charge in [0.05, 0.1) is 7.11 Å². The molecule has 1 aromatic carbocycles. The molecule has 0 bridgehead atoms. The number of carbonyl (C=O) groups excluding carboxylic acids is 1. The monoisotopic (exact) mass is 275 g/mol. The Hall–Kier alpha value is -1.95. The van der Waals surface area contributed by atoms with E-state index in [1.807, 2.05) is 0 Å². The van der Waals surface area contributed by atoms with Gasteiger partial charge < -0.3 is 4.74 Å². The molecule has 1 amide bonds. The van der Waals surface area contributed by atoms with Crippen LogP contribution in [0.1, 0.15) is 34.1 Å². The van der Waals surface area contributed by atoms with Crippen molar-refractivity contribution in [2.75, 3.05) is 12.4 Å². The summed E-state index contributed by atoms with van der Waals surface area (Å²) >= 11 is 1.46. The minimum atomic E-state index is -0.179. The molecule has 1 N–H and O–H groups in total. The van der Waals surface area contributed by atoms with E-state index in [1.165, 1.54) is 24.2 Å². The minimum Gasteiger partial charge on any atom is -0.497 e. The van der Waals surface area contributed by atoms with E-state index in [2.05, 4.69) is 15.5 Å². The van der Waals surface area contributed by atoms with Crippen LogP contribution in [-0.2, 0) is 0 Å². The Morgan fingerprint density at radius 2 is 2.05 bits per heavy atom. The summed E-state index contributed by atoms with van der Waals surface area (Å²) < 4.78 is 5.05. The van der Waals surface area contributed by atoms with E-state index in [0.717, 1.165) is 10.8 Å². The quantitative estimate of drug-likeness (QED) is 0.931. The Morgan fingerprint density at radius 3 is 2.68 bits per heavy atom. The van der Waals surface area contributed by atoms with Crippen LogP contribution >= 0.6 is 11.3 Å². The van der Waals surface area contributed by atoms with Crippen molar-refractivity contribution in [2.45, 2.75) is 18.8 Å². The van der Waals surface area contributed by atoms with Gasteiger partial charge in [-0.3, -0.25) is 10.1 Å². The first-order chi connectivity index (χ1) is 9.26. The van der Waals surface area contributed by atoms with Gasteiger partial charge in [-0.2, -0.15) is 0 Å². The van der Waals surface area contributed by atoms with Crippen LogP contribution in [0.3, 0.4) is 0 Å². The van der Waals surface area contributed by atoms with Gasteiger partial charge in [-0.1, -0.05) is 11.3 Å². The van der Waals surface area contributed by atoms with Crippen molar-refractivity contribution in [3.8, 4) is 5.75 Å². The molecule has 0 atom stereocenters. The summed E-state index contributed by atoms with van der Waals surface area (Å²) in [5, 5.41) is 12.4. The van der Waals surface area contributed by atoms with Gasteiger partial charge in [0.2, 0.25) is 5.13 Å². The number of amides is 1. The standard InChI is InChI=1S/C13H13N3O2S/c1-18-10-6-4-8(5-7-10)11(17)14-13-16-15-12(19-13)9-2-3-9/h4-7,9H,2-3H2,1H3,(H,14,16,17). The second kappa shape index (κ2) is 4.97. The van der Waals surface area contributed by atoms with Crippen LogP contribution in [0.25, 0.3) is 0 Å². The maximum atomic E-state index is 12.0. The molecular weight excluding hydrogens is 262 g/mol. The molecule has 19 heavy (non-hydrogen) atoms. The van der Waals surface area contributed by atoms with Gasteiger partial charge in [-0.15, -0.1) is 10.2 Å². The predicted octanol–water partition coefficient (Wildman–Crippen LogP) is 2.68. The first kappa shape index (κ1) is 12.1. The Labute approximate surface area is 114 Å². The molecule has 1 fully saturated rings. The summed E-state index contributed by atoms with van der Waals surface area (Å²) in [4.78, 5) is 12.0. The zero-order valence-electron chi connectivity index (χ0n) is 10.4. The molecule has 1 aromatic heterocycles. The third-order valence-corrected chi connectivity index (χ3v) is 3.94. The second-order valence-electron chi connectivity index (χ2n) is 4.40. The van der Waals surface area contributed by atoms with E-state index in [0.29, 0.717) is 16.6 Å². The normalized spacial score (nSPS) is 14.2. The highest BCUT2D eigenvalue weighted by atomic mass is 32.1. The van der Waals surface area contributed by atoms with Crippen molar-refractivity contribution >= 4 is 22.4 Å². The van der Waals surface area contributed by atoms with E-state index in [4.69, 9.17) is 4.74 Å². The molecular formula is C13H13N3O2S. The van der Waals surface area contributed by atoms with Crippen molar-refractivity contribution in [2.24, 2.45) is 0 Å². The Morgan fingerprint density at radius 1 is 1.32 bits per heavy atom. The summed E-state index contributed by atoms with van der Waals surface area (Å²) in [7, 11) is 1.59. The molecule has 1 aliphatic rings. The lowest BCUT2D eigenvalue weighted by Gasteiger charge is -2.02. The smallest absolute Gasteiger partial charge is 0.257 e. The van der Waals surface area contributed by atoms with Gasteiger partial charge in [0.25, 0.3) is 5.91 Å². The van der Waals surface area contributed by atoms with E-state index in [1.54, 1.807) is 31.4 Å². The zero-order valence-corrected chi connectivity index (χ0v) is 11.2. The molecule has 5 nitrogen and oxygen atoms in total. The highest BCUT2D eigenvalue weighted by Gasteiger charge is 2.27. The van der Waals surface area contributed by atoms with Gasteiger partial charge in [0.1, 0.15) is 10.8 Å². The van der Waals surface area contributed by atoms with Crippen LogP contribution in [0.4, 0.5) is 5.13 Å². The number of anilines is 1. The van der Waals surface area contributed by atoms with Gasteiger partial charge in [-0.25, -0.2) is 0 Å². The first-order valence-corrected chi connectivity index (χ1v) is 6.86. The van der Waals surface area contributed by atoms with Gasteiger partial charge in [-0.05, 0) is 37.1 Å². The molecule has 0 spiro atoms. The molecule has 98 valence electrons. The Balaban J connectivity index is 1.68. The summed E-state index contributed by atoms with van der Waals surface area (Å²) in [6.07, 6.45) is 2.36. The van der Waals surface area contributed by atoms with E-state index in [-0.39, 0.29) is 5.91 Å². The molecule has 3 rings (SSSR count). The maximum Gasteiger partial charge on any atom is 0.257 e. The first-order valence-electron chi connectivity index (χ1n) is 6.05. The van der Waals surface area contributed by atoms with Crippen LogP contribution in [-0.4, -0.2) is 23.2 Å². The highest BCUT2D eigenvalue weighted by molar-refractivity contribution is 7.15. The molecule has 0 unspecified atom stereocenters. The molecule has 0 aliphatic heterocycles. The van der Waals surface area contributed by atoms with E-state index < -0.39 is 0 Å². The topological polar surface area (TPSA) is 64.1 Å². The minimum absolute atomic E-state index is 0.179. The van der Waals surface area contributed by atoms with Gasteiger partial charge in [0.15, 0.2) is 0 Å². The predicted molar refractivity (Wildman–Crippen MR) is 72.8 cm³/mol. The summed E-state index contributed by atoms with van der Waals surface area (Å²) in [5.41, 5.74) is 0.573. The van der Waals surface area contributed by atoms with Crippen molar-refractivity contribution in [3.63, 3.8) is 0 Å². The van der Waals surface area contributed by atoms with Crippen molar-refractivity contribution < 1.29 is 9.53 Å². The lowest BCUT2D eigenvalue weighted by atomic mass is 10.2. The van der Waals surface area contributed by atoms with Crippen molar-refractivity contribution in [1.82, 2.24) is 10.2 Å². The fourth-order valence-electron chi connectivity index (χ4n) is 1.69. The number of carbonyl (C=O) groups is 1. The summed E-state index contributed by atoms with van der Waals surface area (Å²) in [6, 6.07) is 6.95. The van der Waals surface area contributed by atoms with Gasteiger partial charge in [0, 0.05) is 11.5 Å². The third kappa shape index (κ3) is 2.73. The Kier molecular flexibility index (Phi) is 3.16.